The molecule has 23 heavy (non-hydrogen) atoms. The second-order valence-electron chi connectivity index (χ2n) is 4.78. The number of para-hydroxylation sites is 2. The van der Waals surface area contributed by atoms with Crippen LogP contribution in [0.1, 0.15) is 6.92 Å². The number of hydrogen-bond acceptors (Lipinski definition) is 3. The molecule has 0 aliphatic heterocycles. The zero-order chi connectivity index (χ0) is 16.6. The lowest BCUT2D eigenvalue weighted by molar-refractivity contribution is 0.339. The predicted molar refractivity (Wildman–Crippen MR) is 101 cm³/mol. The summed E-state index contributed by atoms with van der Waals surface area (Å²) in [5.41, 5.74) is 1.10. The molecule has 2 aromatic carbocycles. The van der Waals surface area contributed by atoms with Crippen molar-refractivity contribution in [2.75, 3.05) is 6.61 Å². The Morgan fingerprint density at radius 2 is 2.00 bits per heavy atom. The molecule has 0 unspecified atom stereocenters. The van der Waals surface area contributed by atoms with Crippen LogP contribution >= 0.6 is 44.1 Å². The molecular formula is C16H12Br2N2O2S. The van der Waals surface area contributed by atoms with E-state index in [1.165, 1.54) is 4.57 Å². The number of nitrogens with one attached hydrogen (secondary N) is 1. The zero-order valence-corrected chi connectivity index (χ0v) is 16.1. The van der Waals surface area contributed by atoms with E-state index in [9.17, 15) is 4.79 Å². The Balaban J connectivity index is 2.40. The Morgan fingerprint density at radius 3 is 2.74 bits per heavy atom. The highest BCUT2D eigenvalue weighted by Gasteiger charge is 2.13. The van der Waals surface area contributed by atoms with Gasteiger partial charge >= 0.3 is 0 Å². The standard InChI is InChI=1S/C16H12Br2N2O2S/c1-2-22-13-6-4-3-5-12(13)20-15(21)10-7-9(17)8-11(18)14(10)19-16(20)23/h3-8H,2H2,1H3,(H,19,23). The SMILES string of the molecule is CCOc1ccccc1-n1c(=S)[nH]c2c(Br)cc(Br)cc2c1=O. The molecule has 0 aliphatic carbocycles. The third kappa shape index (κ3) is 3.00. The van der Waals surface area contributed by atoms with E-state index in [2.05, 4.69) is 36.8 Å². The monoisotopic (exact) mass is 454 g/mol. The Labute approximate surface area is 154 Å². The van der Waals surface area contributed by atoms with E-state index in [0.29, 0.717) is 33.7 Å². The van der Waals surface area contributed by atoms with Gasteiger partial charge in [-0.1, -0.05) is 28.1 Å². The van der Waals surface area contributed by atoms with Crippen LogP contribution in [0.25, 0.3) is 16.6 Å². The normalized spacial score (nSPS) is 10.9. The summed E-state index contributed by atoms with van der Waals surface area (Å²) >= 11 is 12.3. The Morgan fingerprint density at radius 1 is 1.26 bits per heavy atom. The van der Waals surface area contributed by atoms with Crippen molar-refractivity contribution in [3.8, 4) is 11.4 Å². The molecular weight excluding hydrogens is 444 g/mol. The number of rotatable bonds is 3. The Bertz CT molecular complexity index is 1010. The molecule has 0 saturated heterocycles. The number of hydrogen-bond donors (Lipinski definition) is 1. The third-order valence-corrected chi connectivity index (χ3v) is 4.70. The highest BCUT2D eigenvalue weighted by molar-refractivity contribution is 9.11. The summed E-state index contributed by atoms with van der Waals surface area (Å²) in [4.78, 5) is 16.1. The van der Waals surface area contributed by atoms with Crippen molar-refractivity contribution in [1.29, 1.82) is 0 Å². The molecule has 118 valence electrons. The first-order valence-corrected chi connectivity index (χ1v) is 8.88. The van der Waals surface area contributed by atoms with E-state index in [-0.39, 0.29) is 5.56 Å². The maximum absolute atomic E-state index is 13.0. The van der Waals surface area contributed by atoms with Crippen molar-refractivity contribution in [2.24, 2.45) is 0 Å². The lowest BCUT2D eigenvalue weighted by Gasteiger charge is -2.13. The molecule has 3 rings (SSSR count). The van der Waals surface area contributed by atoms with Gasteiger partial charge in [-0.2, -0.15) is 0 Å². The molecule has 7 heteroatoms. The molecule has 0 radical (unpaired) electrons. The van der Waals surface area contributed by atoms with Gasteiger partial charge in [-0.25, -0.2) is 4.57 Å². The van der Waals surface area contributed by atoms with Gasteiger partial charge in [0.05, 0.1) is 23.2 Å². The topological polar surface area (TPSA) is 47.0 Å². The molecule has 0 amide bonds. The maximum atomic E-state index is 13.0. The van der Waals surface area contributed by atoms with Crippen LogP contribution < -0.4 is 10.3 Å². The fourth-order valence-electron chi connectivity index (χ4n) is 2.38. The minimum Gasteiger partial charge on any atom is -0.492 e. The van der Waals surface area contributed by atoms with Gasteiger partial charge in [-0.3, -0.25) is 4.79 Å². The van der Waals surface area contributed by atoms with Gasteiger partial charge in [-0.05, 0) is 59.3 Å². The smallest absolute Gasteiger partial charge is 0.266 e. The second kappa shape index (κ2) is 6.59. The van der Waals surface area contributed by atoms with E-state index < -0.39 is 0 Å². The summed E-state index contributed by atoms with van der Waals surface area (Å²) < 4.78 is 8.98. The van der Waals surface area contributed by atoms with Gasteiger partial charge in [0.2, 0.25) is 0 Å². The number of benzene rings is 2. The van der Waals surface area contributed by atoms with Gasteiger partial charge in [-0.15, -0.1) is 0 Å². The molecule has 0 spiro atoms. The summed E-state index contributed by atoms with van der Waals surface area (Å²) in [5.74, 6) is 0.616. The van der Waals surface area contributed by atoms with Crippen molar-refractivity contribution >= 4 is 55.0 Å². The van der Waals surface area contributed by atoms with Gasteiger partial charge in [0, 0.05) is 8.95 Å². The van der Waals surface area contributed by atoms with E-state index in [0.717, 1.165) is 8.95 Å². The number of nitrogens with zero attached hydrogens (tertiary/aromatic N) is 1. The highest BCUT2D eigenvalue weighted by atomic mass is 79.9. The highest BCUT2D eigenvalue weighted by Crippen LogP contribution is 2.27. The summed E-state index contributed by atoms with van der Waals surface area (Å²) in [6.07, 6.45) is 0. The number of aromatic nitrogens is 2. The number of aromatic amines is 1. The molecule has 1 N–H and O–H groups in total. The van der Waals surface area contributed by atoms with Crippen LogP contribution in [-0.4, -0.2) is 16.2 Å². The van der Waals surface area contributed by atoms with Gasteiger partial charge in [0.15, 0.2) is 4.77 Å². The lowest BCUT2D eigenvalue weighted by Crippen LogP contribution is -2.21. The summed E-state index contributed by atoms with van der Waals surface area (Å²) in [7, 11) is 0. The summed E-state index contributed by atoms with van der Waals surface area (Å²) in [5, 5.41) is 0.533. The molecule has 4 nitrogen and oxygen atoms in total. The predicted octanol–water partition coefficient (Wildman–Crippen LogP) is 4.97. The summed E-state index contributed by atoms with van der Waals surface area (Å²) in [6, 6.07) is 11.0. The fraction of sp³-hybridized carbons (Fsp3) is 0.125. The maximum Gasteiger partial charge on any atom is 0.266 e. The van der Waals surface area contributed by atoms with Crippen LogP contribution in [-0.2, 0) is 0 Å². The Hall–Kier alpha value is -1.44. The first kappa shape index (κ1) is 16.4. The molecule has 1 aromatic heterocycles. The average Bonchev–Trinajstić information content (AvgIpc) is 2.51. The van der Waals surface area contributed by atoms with Crippen molar-refractivity contribution < 1.29 is 4.74 Å². The molecule has 0 fully saturated rings. The van der Waals surface area contributed by atoms with Gasteiger partial charge in [0.25, 0.3) is 5.56 Å². The van der Waals surface area contributed by atoms with E-state index >= 15 is 0 Å². The number of fused-ring (bicyclic) bond motifs is 1. The van der Waals surface area contributed by atoms with Gasteiger partial charge < -0.3 is 9.72 Å². The van der Waals surface area contributed by atoms with Crippen LogP contribution in [0.15, 0.2) is 50.1 Å². The van der Waals surface area contributed by atoms with Crippen LogP contribution in [0.2, 0.25) is 0 Å². The van der Waals surface area contributed by atoms with Crippen molar-refractivity contribution in [1.82, 2.24) is 9.55 Å². The fourth-order valence-corrected chi connectivity index (χ4v) is 3.99. The molecule has 3 aromatic rings. The number of ether oxygens (including phenoxy) is 1. The van der Waals surface area contributed by atoms with E-state index in [1.54, 1.807) is 6.07 Å². The minimum atomic E-state index is -0.196. The van der Waals surface area contributed by atoms with Crippen molar-refractivity contribution in [3.63, 3.8) is 0 Å². The average molecular weight is 456 g/mol. The lowest BCUT2D eigenvalue weighted by atomic mass is 10.2. The second-order valence-corrected chi connectivity index (χ2v) is 6.94. The molecule has 0 bridgehead atoms. The molecule has 0 aliphatic rings. The van der Waals surface area contributed by atoms with Crippen LogP contribution in [0.3, 0.4) is 0 Å². The molecule has 0 saturated carbocycles. The zero-order valence-electron chi connectivity index (χ0n) is 12.1. The van der Waals surface area contributed by atoms with Crippen LogP contribution in [0, 0.1) is 4.77 Å². The Kier molecular flexibility index (Phi) is 4.70. The molecule has 1 heterocycles. The van der Waals surface area contributed by atoms with Crippen molar-refractivity contribution in [3.05, 3.63) is 60.5 Å². The van der Waals surface area contributed by atoms with Crippen LogP contribution in [0.5, 0.6) is 5.75 Å². The largest absolute Gasteiger partial charge is 0.492 e. The number of H-pyrrole nitrogens is 1. The third-order valence-electron chi connectivity index (χ3n) is 3.33. The van der Waals surface area contributed by atoms with Gasteiger partial charge in [0.1, 0.15) is 5.75 Å². The first-order chi connectivity index (χ1) is 11.0. The van der Waals surface area contributed by atoms with Crippen LogP contribution in [0.4, 0.5) is 0 Å². The van der Waals surface area contributed by atoms with E-state index in [4.69, 9.17) is 17.0 Å². The van der Waals surface area contributed by atoms with E-state index in [1.807, 2.05) is 37.3 Å². The quantitative estimate of drug-likeness (QED) is 0.567. The first-order valence-electron chi connectivity index (χ1n) is 6.89. The summed E-state index contributed by atoms with van der Waals surface area (Å²) in [6.45, 7) is 2.40. The molecule has 0 atom stereocenters. The number of halogens is 2. The van der Waals surface area contributed by atoms with Crippen molar-refractivity contribution in [2.45, 2.75) is 6.92 Å². The minimum absolute atomic E-state index is 0.196.